The quantitative estimate of drug-likeness (QED) is 0.827. The number of pyridine rings is 1. The third kappa shape index (κ3) is 2.95. The van der Waals surface area contributed by atoms with E-state index in [-0.39, 0.29) is 0 Å². The van der Waals surface area contributed by atoms with Crippen LogP contribution in [0.15, 0.2) is 30.5 Å². The van der Waals surface area contributed by atoms with E-state index in [2.05, 4.69) is 28.7 Å². The number of fused-ring (bicyclic) bond motifs is 1. The molecule has 2 aromatic rings. The Hall–Kier alpha value is -1.42. The van der Waals surface area contributed by atoms with Gasteiger partial charge in [0.25, 0.3) is 0 Å². The van der Waals surface area contributed by atoms with Gasteiger partial charge in [-0.25, -0.2) is 0 Å². The van der Waals surface area contributed by atoms with Gasteiger partial charge in [-0.05, 0) is 43.4 Å². The number of nitrogens with one attached hydrogen (secondary N) is 1. The highest BCUT2D eigenvalue weighted by atomic mass is 32.2. The Balaban J connectivity index is 1.83. The van der Waals surface area contributed by atoms with Gasteiger partial charge in [0, 0.05) is 28.6 Å². The molecule has 0 radical (unpaired) electrons. The molecule has 1 aromatic carbocycles. The van der Waals surface area contributed by atoms with E-state index in [4.69, 9.17) is 5.73 Å². The number of nitrogens with two attached hydrogens (primary N) is 1. The molecule has 0 aliphatic heterocycles. The molecule has 3 nitrogen and oxygen atoms in total. The van der Waals surface area contributed by atoms with Crippen molar-refractivity contribution >= 4 is 34.0 Å². The van der Waals surface area contributed by atoms with Crippen LogP contribution in [0.2, 0.25) is 0 Å². The average Bonchev–Trinajstić information content (AvgIpc) is 2.55. The first kappa shape index (κ1) is 14.5. The van der Waals surface area contributed by atoms with E-state index < -0.39 is 0 Å². The van der Waals surface area contributed by atoms with Crippen molar-refractivity contribution in [2.45, 2.75) is 36.9 Å². The van der Waals surface area contributed by atoms with E-state index in [9.17, 15) is 0 Å². The molecule has 0 atom stereocenters. The molecule has 4 heteroatoms. The Morgan fingerprint density at radius 2 is 2.05 bits per heavy atom. The van der Waals surface area contributed by atoms with Gasteiger partial charge in [0.05, 0.1) is 11.2 Å². The minimum Gasteiger partial charge on any atom is -0.397 e. The van der Waals surface area contributed by atoms with Crippen molar-refractivity contribution in [3.8, 4) is 0 Å². The first-order chi connectivity index (χ1) is 10.2. The normalized spacial score (nSPS) is 17.8. The molecule has 1 aromatic heterocycles. The Labute approximate surface area is 130 Å². The Kier molecular flexibility index (Phi) is 4.24. The molecule has 1 fully saturated rings. The lowest BCUT2D eigenvalue weighted by Gasteiger charge is -2.36. The van der Waals surface area contributed by atoms with Gasteiger partial charge in [0.15, 0.2) is 0 Å². The van der Waals surface area contributed by atoms with Gasteiger partial charge in [0.1, 0.15) is 0 Å². The largest absolute Gasteiger partial charge is 0.397 e. The molecule has 21 heavy (non-hydrogen) atoms. The minimum atomic E-state index is 0.383. The molecule has 1 saturated carbocycles. The van der Waals surface area contributed by atoms with E-state index in [1.807, 2.05) is 23.9 Å². The van der Waals surface area contributed by atoms with Gasteiger partial charge in [-0.3, -0.25) is 4.98 Å². The molecule has 1 aliphatic carbocycles. The van der Waals surface area contributed by atoms with E-state index in [0.29, 0.717) is 4.75 Å². The van der Waals surface area contributed by atoms with Crippen LogP contribution in [0.25, 0.3) is 10.9 Å². The monoisotopic (exact) mass is 301 g/mol. The van der Waals surface area contributed by atoms with Crippen molar-refractivity contribution < 1.29 is 0 Å². The predicted octanol–water partition coefficient (Wildman–Crippen LogP) is 4.29. The smallest absolute Gasteiger partial charge is 0.0951 e. The number of rotatable bonds is 4. The fourth-order valence-corrected chi connectivity index (χ4v) is 4.17. The predicted molar refractivity (Wildman–Crippen MR) is 94.0 cm³/mol. The highest BCUT2D eigenvalue weighted by molar-refractivity contribution is 8.00. The van der Waals surface area contributed by atoms with Gasteiger partial charge in [-0.1, -0.05) is 19.3 Å². The lowest BCUT2D eigenvalue weighted by molar-refractivity contribution is 0.411. The summed E-state index contributed by atoms with van der Waals surface area (Å²) in [6, 6.07) is 8.09. The van der Waals surface area contributed by atoms with Crippen LogP contribution in [0.5, 0.6) is 0 Å². The van der Waals surface area contributed by atoms with Gasteiger partial charge in [-0.15, -0.1) is 0 Å². The maximum atomic E-state index is 6.02. The number of benzene rings is 1. The summed E-state index contributed by atoms with van der Waals surface area (Å²) in [6.45, 7) is 1.02. The summed E-state index contributed by atoms with van der Waals surface area (Å²) in [5, 5.41) is 4.78. The van der Waals surface area contributed by atoms with E-state index in [1.54, 1.807) is 6.20 Å². The fraction of sp³-hybridized carbons (Fsp3) is 0.471. The van der Waals surface area contributed by atoms with Crippen LogP contribution >= 0.6 is 11.8 Å². The first-order valence-electron chi connectivity index (χ1n) is 7.66. The van der Waals surface area contributed by atoms with Gasteiger partial charge >= 0.3 is 0 Å². The molecule has 1 heterocycles. The third-order valence-electron chi connectivity index (χ3n) is 4.60. The van der Waals surface area contributed by atoms with Crippen molar-refractivity contribution in [1.29, 1.82) is 0 Å². The second-order valence-corrected chi connectivity index (χ2v) is 7.18. The van der Waals surface area contributed by atoms with Crippen LogP contribution in [0.3, 0.4) is 0 Å². The van der Waals surface area contributed by atoms with Crippen LogP contribution in [0.4, 0.5) is 11.4 Å². The van der Waals surface area contributed by atoms with Crippen LogP contribution in [0, 0.1) is 0 Å². The molecule has 1 aliphatic rings. The molecule has 0 unspecified atom stereocenters. The summed E-state index contributed by atoms with van der Waals surface area (Å²) < 4.78 is 0.383. The van der Waals surface area contributed by atoms with Crippen molar-refractivity contribution in [3.63, 3.8) is 0 Å². The number of nitrogen functional groups attached to an aromatic ring is 1. The number of hydrogen-bond acceptors (Lipinski definition) is 4. The second kappa shape index (κ2) is 6.14. The van der Waals surface area contributed by atoms with Crippen molar-refractivity contribution in [3.05, 3.63) is 30.5 Å². The summed E-state index contributed by atoms with van der Waals surface area (Å²) in [7, 11) is 0. The summed E-state index contributed by atoms with van der Waals surface area (Å²) >= 11 is 2.02. The maximum absolute atomic E-state index is 6.02. The zero-order valence-electron chi connectivity index (χ0n) is 12.6. The lowest BCUT2D eigenvalue weighted by atomic mass is 9.88. The molecule has 112 valence electrons. The standard InChI is InChI=1S/C17H23N3S/c1-21-17(9-3-2-4-10-17)12-20-15-8-7-14(18)16-13(15)6-5-11-19-16/h5-8,11,20H,2-4,9-10,12,18H2,1H3. The lowest BCUT2D eigenvalue weighted by Crippen LogP contribution is -2.35. The fourth-order valence-electron chi connectivity index (χ4n) is 3.25. The highest BCUT2D eigenvalue weighted by Crippen LogP contribution is 2.39. The van der Waals surface area contributed by atoms with Gasteiger partial charge in [-0.2, -0.15) is 11.8 Å². The van der Waals surface area contributed by atoms with E-state index in [0.717, 1.165) is 28.8 Å². The topological polar surface area (TPSA) is 50.9 Å². The Morgan fingerprint density at radius 3 is 2.81 bits per heavy atom. The molecule has 0 saturated heterocycles. The zero-order valence-corrected chi connectivity index (χ0v) is 13.4. The maximum Gasteiger partial charge on any atom is 0.0951 e. The van der Waals surface area contributed by atoms with E-state index in [1.165, 1.54) is 32.1 Å². The SMILES string of the molecule is CSC1(CNc2ccc(N)c3ncccc23)CCCCC1. The summed E-state index contributed by atoms with van der Waals surface area (Å²) in [6.07, 6.45) is 10.8. The van der Waals surface area contributed by atoms with Crippen molar-refractivity contribution in [2.24, 2.45) is 0 Å². The summed E-state index contributed by atoms with van der Waals surface area (Å²) in [4.78, 5) is 4.40. The molecule has 0 amide bonds. The van der Waals surface area contributed by atoms with Crippen molar-refractivity contribution in [1.82, 2.24) is 4.98 Å². The molecule has 0 spiro atoms. The molecular formula is C17H23N3S. The Morgan fingerprint density at radius 1 is 1.24 bits per heavy atom. The highest BCUT2D eigenvalue weighted by Gasteiger charge is 2.30. The van der Waals surface area contributed by atoms with Gasteiger partial charge in [0.2, 0.25) is 0 Å². The second-order valence-electron chi connectivity index (χ2n) is 5.90. The molecule has 0 bridgehead atoms. The number of thioether (sulfide) groups is 1. The van der Waals surface area contributed by atoms with Crippen LogP contribution in [0.1, 0.15) is 32.1 Å². The summed E-state index contributed by atoms with van der Waals surface area (Å²) in [5.41, 5.74) is 8.80. The number of nitrogens with zero attached hydrogens (tertiary/aromatic N) is 1. The molecule has 3 rings (SSSR count). The first-order valence-corrected chi connectivity index (χ1v) is 8.89. The minimum absolute atomic E-state index is 0.383. The zero-order chi connectivity index (χ0) is 14.7. The number of anilines is 2. The number of hydrogen-bond donors (Lipinski definition) is 2. The number of aromatic nitrogens is 1. The van der Waals surface area contributed by atoms with Crippen LogP contribution in [-0.4, -0.2) is 22.5 Å². The van der Waals surface area contributed by atoms with E-state index >= 15 is 0 Å². The Bertz CT molecular complexity index is 620. The average molecular weight is 301 g/mol. The van der Waals surface area contributed by atoms with Crippen LogP contribution in [-0.2, 0) is 0 Å². The molecular weight excluding hydrogens is 278 g/mol. The van der Waals surface area contributed by atoms with Gasteiger partial charge < -0.3 is 11.1 Å². The summed E-state index contributed by atoms with van der Waals surface area (Å²) in [5.74, 6) is 0. The third-order valence-corrected chi connectivity index (χ3v) is 6.02. The van der Waals surface area contributed by atoms with Crippen LogP contribution < -0.4 is 11.1 Å². The molecule has 3 N–H and O–H groups in total. The van der Waals surface area contributed by atoms with Crippen molar-refractivity contribution in [2.75, 3.05) is 23.9 Å².